The number of thioether (sulfide) groups is 1. The van der Waals surface area contributed by atoms with Gasteiger partial charge in [-0.05, 0) is 36.1 Å². The predicted octanol–water partition coefficient (Wildman–Crippen LogP) is 3.30. The first-order chi connectivity index (χ1) is 9.83. The first kappa shape index (κ1) is 14.5. The SMILES string of the molecule is CSc1ccccc1OCc1ccc(C#CCN)cc1. The maximum Gasteiger partial charge on any atom is 0.133 e. The molecule has 0 saturated carbocycles. The van der Waals surface area contributed by atoms with Crippen LogP contribution in [0.3, 0.4) is 0 Å². The summed E-state index contributed by atoms with van der Waals surface area (Å²) in [5.74, 6) is 6.77. The second-order valence-electron chi connectivity index (χ2n) is 4.14. The molecule has 20 heavy (non-hydrogen) atoms. The zero-order valence-corrected chi connectivity index (χ0v) is 12.2. The van der Waals surface area contributed by atoms with Crippen molar-refractivity contribution in [2.24, 2.45) is 5.73 Å². The highest BCUT2D eigenvalue weighted by Crippen LogP contribution is 2.27. The molecule has 2 aromatic carbocycles. The van der Waals surface area contributed by atoms with E-state index in [4.69, 9.17) is 10.5 Å². The second-order valence-corrected chi connectivity index (χ2v) is 4.99. The Hall–Kier alpha value is -1.89. The number of hydrogen-bond donors (Lipinski definition) is 1. The van der Waals surface area contributed by atoms with Gasteiger partial charge < -0.3 is 10.5 Å². The lowest BCUT2D eigenvalue weighted by Gasteiger charge is -2.09. The third kappa shape index (κ3) is 4.06. The summed E-state index contributed by atoms with van der Waals surface area (Å²) in [5, 5.41) is 0. The minimum atomic E-state index is 0.385. The lowest BCUT2D eigenvalue weighted by atomic mass is 10.1. The van der Waals surface area contributed by atoms with E-state index < -0.39 is 0 Å². The van der Waals surface area contributed by atoms with Crippen molar-refractivity contribution in [2.45, 2.75) is 11.5 Å². The van der Waals surface area contributed by atoms with Crippen molar-refractivity contribution in [3.8, 4) is 17.6 Å². The molecule has 0 spiro atoms. The summed E-state index contributed by atoms with van der Waals surface area (Å²) in [4.78, 5) is 1.15. The molecule has 3 heteroatoms. The number of hydrogen-bond acceptors (Lipinski definition) is 3. The van der Waals surface area contributed by atoms with Crippen LogP contribution in [0.15, 0.2) is 53.4 Å². The standard InChI is InChI=1S/C17H17NOS/c1-20-17-7-3-2-6-16(17)19-13-15-10-8-14(9-11-15)5-4-12-18/h2-3,6-11H,12-13,18H2,1H3. The summed E-state index contributed by atoms with van der Waals surface area (Å²) < 4.78 is 5.86. The Kier molecular flexibility index (Phi) is 5.55. The number of nitrogens with two attached hydrogens (primary N) is 1. The quantitative estimate of drug-likeness (QED) is 0.691. The molecule has 102 valence electrons. The normalized spacial score (nSPS) is 9.70. The summed E-state index contributed by atoms with van der Waals surface area (Å²) in [6.45, 7) is 0.943. The van der Waals surface area contributed by atoms with E-state index in [9.17, 15) is 0 Å². The Bertz CT molecular complexity index is 611. The van der Waals surface area contributed by atoms with Gasteiger partial charge in [0, 0.05) is 10.5 Å². The summed E-state index contributed by atoms with van der Waals surface area (Å²) >= 11 is 1.69. The van der Waals surface area contributed by atoms with Crippen LogP contribution in [0, 0.1) is 11.8 Å². The first-order valence-corrected chi connectivity index (χ1v) is 7.59. The van der Waals surface area contributed by atoms with Crippen LogP contribution in [-0.4, -0.2) is 12.8 Å². The molecule has 0 heterocycles. The smallest absolute Gasteiger partial charge is 0.133 e. The van der Waals surface area contributed by atoms with Gasteiger partial charge in [0.2, 0.25) is 0 Å². The number of ether oxygens (including phenoxy) is 1. The average molecular weight is 283 g/mol. The van der Waals surface area contributed by atoms with Crippen molar-refractivity contribution in [3.63, 3.8) is 0 Å². The number of rotatable bonds is 4. The highest BCUT2D eigenvalue weighted by molar-refractivity contribution is 7.98. The largest absolute Gasteiger partial charge is 0.488 e. The zero-order chi connectivity index (χ0) is 14.2. The Morgan fingerprint density at radius 1 is 1.10 bits per heavy atom. The van der Waals surface area contributed by atoms with Crippen LogP contribution in [0.4, 0.5) is 0 Å². The Labute approximate surface area is 124 Å². The number of benzene rings is 2. The van der Waals surface area contributed by atoms with Gasteiger partial charge in [-0.1, -0.05) is 36.1 Å². The molecule has 2 aromatic rings. The van der Waals surface area contributed by atoms with Gasteiger partial charge in [-0.25, -0.2) is 0 Å². The van der Waals surface area contributed by atoms with Crippen molar-refractivity contribution in [2.75, 3.05) is 12.8 Å². The Balaban J connectivity index is 2.00. The van der Waals surface area contributed by atoms with E-state index in [2.05, 4.69) is 17.9 Å². The molecule has 0 atom stereocenters. The molecule has 2 rings (SSSR count). The molecular formula is C17H17NOS. The van der Waals surface area contributed by atoms with Crippen LogP contribution in [-0.2, 0) is 6.61 Å². The van der Waals surface area contributed by atoms with Gasteiger partial charge in [-0.3, -0.25) is 0 Å². The van der Waals surface area contributed by atoms with Crippen molar-refractivity contribution in [3.05, 3.63) is 59.7 Å². The van der Waals surface area contributed by atoms with Gasteiger partial charge in [0.1, 0.15) is 12.4 Å². The average Bonchev–Trinajstić information content (AvgIpc) is 2.52. The molecule has 2 N–H and O–H groups in total. The van der Waals surface area contributed by atoms with Crippen LogP contribution in [0.1, 0.15) is 11.1 Å². The van der Waals surface area contributed by atoms with Crippen LogP contribution >= 0.6 is 11.8 Å². The molecule has 0 aliphatic carbocycles. The fourth-order valence-electron chi connectivity index (χ4n) is 1.74. The molecule has 0 bridgehead atoms. The van der Waals surface area contributed by atoms with E-state index in [-0.39, 0.29) is 0 Å². The van der Waals surface area contributed by atoms with E-state index in [0.29, 0.717) is 13.2 Å². The fraction of sp³-hybridized carbons (Fsp3) is 0.176. The van der Waals surface area contributed by atoms with Crippen molar-refractivity contribution in [1.82, 2.24) is 0 Å². The molecule has 0 aromatic heterocycles. The van der Waals surface area contributed by atoms with Crippen LogP contribution in [0.25, 0.3) is 0 Å². The third-order valence-electron chi connectivity index (χ3n) is 2.75. The highest BCUT2D eigenvalue weighted by Gasteiger charge is 2.01. The topological polar surface area (TPSA) is 35.2 Å². The van der Waals surface area contributed by atoms with Crippen LogP contribution < -0.4 is 10.5 Å². The lowest BCUT2D eigenvalue weighted by molar-refractivity contribution is 0.299. The van der Waals surface area contributed by atoms with Crippen LogP contribution in [0.5, 0.6) is 5.75 Å². The Morgan fingerprint density at radius 3 is 2.55 bits per heavy atom. The van der Waals surface area contributed by atoms with Gasteiger partial charge in [0.25, 0.3) is 0 Å². The summed E-state index contributed by atoms with van der Waals surface area (Å²) in [6.07, 6.45) is 2.05. The fourth-order valence-corrected chi connectivity index (χ4v) is 2.28. The molecule has 0 fully saturated rings. The minimum Gasteiger partial charge on any atom is -0.488 e. The van der Waals surface area contributed by atoms with Gasteiger partial charge in [-0.15, -0.1) is 11.8 Å². The molecular weight excluding hydrogens is 266 g/mol. The lowest BCUT2D eigenvalue weighted by Crippen LogP contribution is -1.96. The molecule has 2 nitrogen and oxygen atoms in total. The van der Waals surface area contributed by atoms with Gasteiger partial charge >= 0.3 is 0 Å². The molecule has 0 radical (unpaired) electrons. The summed E-state index contributed by atoms with van der Waals surface area (Å²) in [7, 11) is 0. The van der Waals surface area contributed by atoms with Gasteiger partial charge in [-0.2, -0.15) is 0 Å². The van der Waals surface area contributed by atoms with E-state index in [0.717, 1.165) is 21.8 Å². The molecule has 0 aliphatic heterocycles. The molecule has 0 amide bonds. The Morgan fingerprint density at radius 2 is 1.85 bits per heavy atom. The first-order valence-electron chi connectivity index (χ1n) is 6.37. The minimum absolute atomic E-state index is 0.385. The zero-order valence-electron chi connectivity index (χ0n) is 11.4. The van der Waals surface area contributed by atoms with E-state index >= 15 is 0 Å². The highest BCUT2D eigenvalue weighted by atomic mass is 32.2. The van der Waals surface area contributed by atoms with Crippen molar-refractivity contribution >= 4 is 11.8 Å². The van der Waals surface area contributed by atoms with E-state index in [1.165, 1.54) is 0 Å². The number of para-hydroxylation sites is 1. The van der Waals surface area contributed by atoms with Crippen molar-refractivity contribution < 1.29 is 4.74 Å². The second kappa shape index (κ2) is 7.64. The van der Waals surface area contributed by atoms with Crippen LogP contribution in [0.2, 0.25) is 0 Å². The molecule has 0 aliphatic rings. The van der Waals surface area contributed by atoms with Gasteiger partial charge in [0.05, 0.1) is 6.54 Å². The molecule has 0 unspecified atom stereocenters. The molecule has 0 saturated heterocycles. The third-order valence-corrected chi connectivity index (χ3v) is 3.53. The van der Waals surface area contributed by atoms with E-state index in [1.807, 2.05) is 48.7 Å². The monoisotopic (exact) mass is 283 g/mol. The summed E-state index contributed by atoms with van der Waals surface area (Å²) in [6, 6.07) is 16.1. The van der Waals surface area contributed by atoms with E-state index in [1.54, 1.807) is 11.8 Å². The maximum absolute atomic E-state index is 5.86. The summed E-state index contributed by atoms with van der Waals surface area (Å²) in [5.41, 5.74) is 7.45. The predicted molar refractivity (Wildman–Crippen MR) is 84.9 cm³/mol. The van der Waals surface area contributed by atoms with Crippen molar-refractivity contribution in [1.29, 1.82) is 0 Å². The van der Waals surface area contributed by atoms with Gasteiger partial charge in [0.15, 0.2) is 0 Å². The maximum atomic E-state index is 5.86.